The molecule has 0 N–H and O–H groups in total. The number of para-hydroxylation sites is 1. The molecule has 0 radical (unpaired) electrons. The van der Waals surface area contributed by atoms with Crippen LogP contribution in [-0.2, 0) is 12.4 Å². The van der Waals surface area contributed by atoms with Crippen molar-refractivity contribution in [2.45, 2.75) is 32.3 Å². The van der Waals surface area contributed by atoms with E-state index in [1.165, 1.54) is 19.4 Å². The minimum Gasteiger partial charge on any atom is -0.490 e. The number of ether oxygens (including phenoxy) is 1. The van der Waals surface area contributed by atoms with Crippen molar-refractivity contribution in [2.75, 3.05) is 11.9 Å². The monoisotopic (exact) mass is 482 g/mol. The van der Waals surface area contributed by atoms with Gasteiger partial charge in [0.05, 0.1) is 29.1 Å². The molecule has 1 heterocycles. The normalized spacial score (nSPS) is 12.1. The van der Waals surface area contributed by atoms with E-state index in [2.05, 4.69) is 4.98 Å². The first kappa shape index (κ1) is 25.1. The van der Waals surface area contributed by atoms with Gasteiger partial charge in [0, 0.05) is 29.9 Å². The first-order chi connectivity index (χ1) is 15.8. The summed E-state index contributed by atoms with van der Waals surface area (Å²) >= 11 is 0. The average molecular weight is 482 g/mol. The van der Waals surface area contributed by atoms with Gasteiger partial charge in [-0.15, -0.1) is 0 Å². The fourth-order valence-electron chi connectivity index (χ4n) is 3.31. The molecule has 0 aliphatic heterocycles. The molecule has 0 aliphatic carbocycles. The van der Waals surface area contributed by atoms with Gasteiger partial charge in [0.25, 0.3) is 5.91 Å². The van der Waals surface area contributed by atoms with Crippen LogP contribution in [0.2, 0.25) is 0 Å². The Hall–Kier alpha value is -3.56. The van der Waals surface area contributed by atoms with Gasteiger partial charge < -0.3 is 9.64 Å². The van der Waals surface area contributed by atoms with Gasteiger partial charge in [0.15, 0.2) is 0 Å². The van der Waals surface area contributed by atoms with Gasteiger partial charge in [-0.05, 0) is 44.2 Å². The van der Waals surface area contributed by atoms with Crippen LogP contribution in [0.25, 0.3) is 11.1 Å². The smallest absolute Gasteiger partial charge is 0.416 e. The second-order valence-electron chi connectivity index (χ2n) is 7.71. The van der Waals surface area contributed by atoms with Crippen LogP contribution >= 0.6 is 0 Å². The number of benzene rings is 2. The van der Waals surface area contributed by atoms with Crippen molar-refractivity contribution in [3.05, 3.63) is 77.6 Å². The summed E-state index contributed by atoms with van der Waals surface area (Å²) in [4.78, 5) is 18.0. The summed E-state index contributed by atoms with van der Waals surface area (Å²) in [6.07, 6.45) is -7.55. The lowest BCUT2D eigenvalue weighted by Crippen LogP contribution is -2.28. The standard InChI is InChI=1S/C24H20F6N2O2/c1-14(2)34-21-7-5-4-6-19(21)18-8-9-31-13-20(18)32(3)22(33)15-10-16(23(25,26)27)12-17(11-15)24(28,29)30/h4-14H,1-3H3. The van der Waals surface area contributed by atoms with Crippen molar-refractivity contribution >= 4 is 11.6 Å². The van der Waals surface area contributed by atoms with E-state index in [1.807, 2.05) is 13.8 Å². The SMILES string of the molecule is CC(C)Oc1ccccc1-c1ccncc1N(C)C(=O)c1cc(C(F)(F)F)cc(C(F)(F)F)c1. The third-order valence-electron chi connectivity index (χ3n) is 4.84. The van der Waals surface area contributed by atoms with Crippen LogP contribution in [0.3, 0.4) is 0 Å². The Morgan fingerprint density at radius 2 is 1.50 bits per heavy atom. The minimum absolute atomic E-state index is 0.0220. The zero-order chi connectivity index (χ0) is 25.3. The number of carbonyl (C=O) groups is 1. The van der Waals surface area contributed by atoms with Crippen LogP contribution in [0, 0.1) is 0 Å². The Morgan fingerprint density at radius 3 is 2.06 bits per heavy atom. The maximum Gasteiger partial charge on any atom is 0.416 e. The predicted molar refractivity (Wildman–Crippen MR) is 115 cm³/mol. The van der Waals surface area contributed by atoms with Gasteiger partial charge in [0.1, 0.15) is 5.75 Å². The van der Waals surface area contributed by atoms with Crippen LogP contribution < -0.4 is 9.64 Å². The molecule has 0 bridgehead atoms. The molecule has 10 heteroatoms. The minimum atomic E-state index is -5.07. The quantitative estimate of drug-likeness (QED) is 0.374. The molecule has 0 saturated heterocycles. The molecule has 180 valence electrons. The van der Waals surface area contributed by atoms with Gasteiger partial charge in [0.2, 0.25) is 0 Å². The van der Waals surface area contributed by atoms with E-state index < -0.39 is 35.0 Å². The Kier molecular flexibility index (Phi) is 6.90. The van der Waals surface area contributed by atoms with Crippen LogP contribution in [0.5, 0.6) is 5.75 Å². The molecule has 0 spiro atoms. The lowest BCUT2D eigenvalue weighted by atomic mass is 10.0. The summed E-state index contributed by atoms with van der Waals surface area (Å²) in [5.74, 6) is -0.572. The summed E-state index contributed by atoms with van der Waals surface area (Å²) in [5.41, 5.74) is -2.68. The molecule has 3 rings (SSSR count). The lowest BCUT2D eigenvalue weighted by molar-refractivity contribution is -0.143. The molecule has 1 aromatic heterocycles. The zero-order valence-corrected chi connectivity index (χ0v) is 18.3. The van der Waals surface area contributed by atoms with Gasteiger partial charge in [-0.1, -0.05) is 18.2 Å². The van der Waals surface area contributed by atoms with E-state index in [-0.39, 0.29) is 17.9 Å². The molecule has 4 nitrogen and oxygen atoms in total. The molecule has 0 saturated carbocycles. The molecule has 0 aliphatic rings. The largest absolute Gasteiger partial charge is 0.490 e. The summed E-state index contributed by atoms with van der Waals surface area (Å²) in [6.45, 7) is 3.65. The first-order valence-electron chi connectivity index (χ1n) is 10.1. The summed E-state index contributed by atoms with van der Waals surface area (Å²) < 4.78 is 85.3. The van der Waals surface area contributed by atoms with Crippen molar-refractivity contribution in [1.29, 1.82) is 0 Å². The topological polar surface area (TPSA) is 42.4 Å². The lowest BCUT2D eigenvalue weighted by Gasteiger charge is -2.23. The summed E-state index contributed by atoms with van der Waals surface area (Å²) in [6, 6.07) is 9.28. The van der Waals surface area contributed by atoms with Gasteiger partial charge in [-0.2, -0.15) is 26.3 Å². The number of rotatable bonds is 5. The maximum absolute atomic E-state index is 13.2. The van der Waals surface area contributed by atoms with Crippen molar-refractivity contribution in [3.8, 4) is 16.9 Å². The highest BCUT2D eigenvalue weighted by molar-refractivity contribution is 6.08. The predicted octanol–water partition coefficient (Wildman–Crippen LogP) is 6.85. The summed E-state index contributed by atoms with van der Waals surface area (Å²) in [5, 5.41) is 0. The Balaban J connectivity index is 2.10. The molecule has 3 aromatic rings. The number of nitrogens with zero attached hydrogens (tertiary/aromatic N) is 2. The number of hydrogen-bond donors (Lipinski definition) is 0. The fraction of sp³-hybridized carbons (Fsp3) is 0.250. The molecule has 2 aromatic carbocycles. The van der Waals surface area contributed by atoms with E-state index >= 15 is 0 Å². The maximum atomic E-state index is 13.2. The second-order valence-corrected chi connectivity index (χ2v) is 7.71. The first-order valence-corrected chi connectivity index (χ1v) is 10.1. The Morgan fingerprint density at radius 1 is 0.912 bits per heavy atom. The number of halogens is 6. The van der Waals surface area contributed by atoms with E-state index in [0.29, 0.717) is 29.0 Å². The van der Waals surface area contributed by atoms with Crippen LogP contribution in [0.15, 0.2) is 60.9 Å². The van der Waals surface area contributed by atoms with E-state index in [1.54, 1.807) is 30.3 Å². The third kappa shape index (κ3) is 5.49. The third-order valence-corrected chi connectivity index (χ3v) is 4.84. The van der Waals surface area contributed by atoms with Crippen LogP contribution in [-0.4, -0.2) is 24.0 Å². The van der Waals surface area contributed by atoms with Gasteiger partial charge in [-0.3, -0.25) is 9.78 Å². The highest BCUT2D eigenvalue weighted by Crippen LogP contribution is 2.39. The van der Waals surface area contributed by atoms with Crippen molar-refractivity contribution in [1.82, 2.24) is 4.98 Å². The molecular weight excluding hydrogens is 462 g/mol. The number of aromatic nitrogens is 1. The Bertz CT molecular complexity index is 1160. The molecule has 0 fully saturated rings. The van der Waals surface area contributed by atoms with E-state index in [9.17, 15) is 31.1 Å². The van der Waals surface area contributed by atoms with Crippen molar-refractivity contribution in [2.24, 2.45) is 0 Å². The number of anilines is 1. The number of carbonyl (C=O) groups excluding carboxylic acids is 1. The average Bonchev–Trinajstić information content (AvgIpc) is 2.76. The number of alkyl halides is 6. The van der Waals surface area contributed by atoms with Crippen molar-refractivity contribution in [3.63, 3.8) is 0 Å². The van der Waals surface area contributed by atoms with E-state index in [0.717, 1.165) is 4.90 Å². The highest BCUT2D eigenvalue weighted by Gasteiger charge is 2.38. The van der Waals surface area contributed by atoms with Gasteiger partial charge in [-0.25, -0.2) is 0 Å². The molecule has 1 amide bonds. The number of amides is 1. The van der Waals surface area contributed by atoms with Gasteiger partial charge >= 0.3 is 12.4 Å². The fourth-order valence-corrected chi connectivity index (χ4v) is 3.31. The van der Waals surface area contributed by atoms with E-state index in [4.69, 9.17) is 4.74 Å². The molecular formula is C24H20F6N2O2. The molecule has 34 heavy (non-hydrogen) atoms. The number of hydrogen-bond acceptors (Lipinski definition) is 3. The molecule has 0 unspecified atom stereocenters. The second kappa shape index (κ2) is 9.36. The number of pyridine rings is 1. The zero-order valence-electron chi connectivity index (χ0n) is 18.3. The van der Waals surface area contributed by atoms with Crippen LogP contribution in [0.1, 0.15) is 35.3 Å². The van der Waals surface area contributed by atoms with Crippen LogP contribution in [0.4, 0.5) is 32.0 Å². The highest BCUT2D eigenvalue weighted by atomic mass is 19.4. The van der Waals surface area contributed by atoms with Crippen molar-refractivity contribution < 1.29 is 35.9 Å². The Labute approximate surface area is 191 Å². The molecule has 0 atom stereocenters. The summed E-state index contributed by atoms with van der Waals surface area (Å²) in [7, 11) is 1.25.